The fourth-order valence-electron chi connectivity index (χ4n) is 1.46. The third-order valence-electron chi connectivity index (χ3n) is 2.56. The van der Waals surface area contributed by atoms with Crippen molar-refractivity contribution in [2.45, 2.75) is 13.3 Å². The van der Waals surface area contributed by atoms with Gasteiger partial charge in [-0.05, 0) is 18.6 Å². The molecule has 98 valence electrons. The van der Waals surface area contributed by atoms with Crippen LogP contribution >= 0.6 is 0 Å². The average molecular weight is 255 g/mol. The van der Waals surface area contributed by atoms with Gasteiger partial charge in [0, 0.05) is 6.54 Å². The first-order valence-corrected chi connectivity index (χ1v) is 5.44. The Hall–Kier alpha value is -2.02. The molecular weight excluding hydrogens is 241 g/mol. The van der Waals surface area contributed by atoms with E-state index in [1.54, 1.807) is 6.92 Å². The molecule has 6 nitrogen and oxygen atoms in total. The van der Waals surface area contributed by atoms with E-state index >= 15 is 0 Å². The van der Waals surface area contributed by atoms with Crippen LogP contribution in [0.4, 0.5) is 15.8 Å². The maximum absolute atomic E-state index is 12.9. The predicted molar refractivity (Wildman–Crippen MR) is 64.5 cm³/mol. The number of hydrogen-bond acceptors (Lipinski definition) is 4. The molecule has 0 aliphatic carbocycles. The minimum Gasteiger partial charge on any atom is -0.330 e. The zero-order chi connectivity index (χ0) is 13.7. The molecule has 0 spiro atoms. The lowest BCUT2D eigenvalue weighted by Crippen LogP contribution is -2.28. The highest BCUT2D eigenvalue weighted by Gasteiger charge is 2.20. The number of carbonyl (C=O) groups is 1. The second kappa shape index (κ2) is 6.06. The summed E-state index contributed by atoms with van der Waals surface area (Å²) in [6.45, 7) is 1.94. The van der Waals surface area contributed by atoms with E-state index in [0.29, 0.717) is 6.42 Å². The topological polar surface area (TPSA) is 98.3 Å². The highest BCUT2D eigenvalue weighted by molar-refractivity contribution is 5.94. The number of benzene rings is 1. The number of halogens is 1. The summed E-state index contributed by atoms with van der Waals surface area (Å²) in [7, 11) is 0. The number of nitrogens with zero attached hydrogens (tertiary/aromatic N) is 1. The molecule has 0 aliphatic rings. The minimum atomic E-state index is -0.748. The number of carbonyl (C=O) groups excluding carboxylic acids is 1. The lowest BCUT2D eigenvalue weighted by Gasteiger charge is -2.12. The van der Waals surface area contributed by atoms with Crippen LogP contribution in [0.15, 0.2) is 18.2 Å². The molecule has 0 saturated carbocycles. The van der Waals surface area contributed by atoms with E-state index < -0.39 is 28.3 Å². The van der Waals surface area contributed by atoms with Gasteiger partial charge in [0.25, 0.3) is 5.69 Å². The summed E-state index contributed by atoms with van der Waals surface area (Å²) < 4.78 is 12.9. The number of rotatable bonds is 5. The second-order valence-corrected chi connectivity index (χ2v) is 3.75. The Kier molecular flexibility index (Phi) is 4.73. The van der Waals surface area contributed by atoms with E-state index in [0.717, 1.165) is 18.2 Å². The summed E-state index contributed by atoms with van der Waals surface area (Å²) in [5.41, 5.74) is 4.90. The molecule has 0 radical (unpaired) electrons. The van der Waals surface area contributed by atoms with E-state index in [-0.39, 0.29) is 12.2 Å². The van der Waals surface area contributed by atoms with Gasteiger partial charge in [-0.3, -0.25) is 14.9 Å². The fraction of sp³-hybridized carbons (Fsp3) is 0.364. The smallest absolute Gasteiger partial charge is 0.295 e. The van der Waals surface area contributed by atoms with Crippen molar-refractivity contribution >= 4 is 17.3 Å². The molecule has 0 saturated heterocycles. The number of nitrogens with two attached hydrogens (primary N) is 1. The molecule has 0 bridgehead atoms. The maximum Gasteiger partial charge on any atom is 0.295 e. The van der Waals surface area contributed by atoms with Crippen LogP contribution in [0, 0.1) is 21.8 Å². The Labute approximate surface area is 103 Å². The molecular formula is C11H14FN3O3. The standard InChI is InChI=1S/C11H14FN3O3/c1-2-7(6-13)11(16)14-9-4-3-8(12)5-10(9)15(17)18/h3-5,7H,2,6,13H2,1H3,(H,14,16). The van der Waals surface area contributed by atoms with Crippen molar-refractivity contribution in [2.24, 2.45) is 11.7 Å². The zero-order valence-electron chi connectivity index (χ0n) is 9.85. The minimum absolute atomic E-state index is 0.0294. The third kappa shape index (κ3) is 3.24. The molecule has 0 fully saturated rings. The van der Waals surface area contributed by atoms with Crippen LogP contribution < -0.4 is 11.1 Å². The first kappa shape index (κ1) is 14.0. The highest BCUT2D eigenvalue weighted by Crippen LogP contribution is 2.25. The Morgan fingerprint density at radius 2 is 2.28 bits per heavy atom. The quantitative estimate of drug-likeness (QED) is 0.617. The molecule has 3 N–H and O–H groups in total. The summed E-state index contributed by atoms with van der Waals surface area (Å²) in [5, 5.41) is 13.1. The van der Waals surface area contributed by atoms with E-state index in [4.69, 9.17) is 5.73 Å². The molecule has 1 aromatic rings. The summed E-state index contributed by atoms with van der Waals surface area (Å²) >= 11 is 0. The number of nitro benzene ring substituents is 1. The van der Waals surface area contributed by atoms with Crippen molar-refractivity contribution in [2.75, 3.05) is 11.9 Å². The Morgan fingerprint density at radius 1 is 1.61 bits per heavy atom. The lowest BCUT2D eigenvalue weighted by atomic mass is 10.1. The molecule has 0 aliphatic heterocycles. The predicted octanol–water partition coefficient (Wildman–Crippen LogP) is 1.66. The van der Waals surface area contributed by atoms with Gasteiger partial charge in [-0.1, -0.05) is 6.92 Å². The van der Waals surface area contributed by atoms with Crippen LogP contribution in [0.5, 0.6) is 0 Å². The molecule has 1 aromatic carbocycles. The van der Waals surface area contributed by atoms with Crippen LogP contribution in [0.25, 0.3) is 0 Å². The molecule has 1 rings (SSSR count). The molecule has 1 amide bonds. The third-order valence-corrected chi connectivity index (χ3v) is 2.56. The molecule has 0 aromatic heterocycles. The van der Waals surface area contributed by atoms with Gasteiger partial charge in [0.15, 0.2) is 0 Å². The molecule has 7 heteroatoms. The van der Waals surface area contributed by atoms with Crippen molar-refractivity contribution in [1.29, 1.82) is 0 Å². The van der Waals surface area contributed by atoms with Gasteiger partial charge in [0.2, 0.25) is 5.91 Å². The van der Waals surface area contributed by atoms with Gasteiger partial charge >= 0.3 is 0 Å². The van der Waals surface area contributed by atoms with Crippen LogP contribution in [0.1, 0.15) is 13.3 Å². The van der Waals surface area contributed by atoms with Gasteiger partial charge in [0.05, 0.1) is 16.9 Å². The van der Waals surface area contributed by atoms with Crippen molar-refractivity contribution in [1.82, 2.24) is 0 Å². The van der Waals surface area contributed by atoms with Crippen LogP contribution in [-0.4, -0.2) is 17.4 Å². The Morgan fingerprint density at radius 3 is 2.78 bits per heavy atom. The first-order valence-electron chi connectivity index (χ1n) is 5.44. The van der Waals surface area contributed by atoms with Gasteiger partial charge in [-0.15, -0.1) is 0 Å². The number of anilines is 1. The van der Waals surface area contributed by atoms with Crippen LogP contribution in [0.2, 0.25) is 0 Å². The maximum atomic E-state index is 12.9. The van der Waals surface area contributed by atoms with Crippen molar-refractivity contribution in [3.05, 3.63) is 34.1 Å². The number of nitrogens with one attached hydrogen (secondary N) is 1. The summed E-state index contributed by atoms with van der Waals surface area (Å²) in [4.78, 5) is 21.7. The summed E-state index contributed by atoms with van der Waals surface area (Å²) in [6, 6.07) is 2.97. The Bertz CT molecular complexity index is 461. The van der Waals surface area contributed by atoms with Gasteiger partial charge in [-0.2, -0.15) is 0 Å². The van der Waals surface area contributed by atoms with Gasteiger partial charge in [-0.25, -0.2) is 4.39 Å². The van der Waals surface area contributed by atoms with Crippen molar-refractivity contribution in [3.8, 4) is 0 Å². The summed E-state index contributed by atoms with van der Waals surface area (Å²) in [6.07, 6.45) is 0.525. The normalized spacial score (nSPS) is 11.9. The van der Waals surface area contributed by atoms with Crippen LogP contribution in [0.3, 0.4) is 0 Å². The number of nitro groups is 1. The largest absolute Gasteiger partial charge is 0.330 e. The molecule has 0 heterocycles. The lowest BCUT2D eigenvalue weighted by molar-refractivity contribution is -0.384. The zero-order valence-corrected chi connectivity index (χ0v) is 9.85. The Balaban J connectivity index is 2.97. The number of hydrogen-bond donors (Lipinski definition) is 2. The average Bonchev–Trinajstić information content (AvgIpc) is 2.32. The van der Waals surface area contributed by atoms with Gasteiger partial charge in [0.1, 0.15) is 11.5 Å². The molecule has 18 heavy (non-hydrogen) atoms. The highest BCUT2D eigenvalue weighted by atomic mass is 19.1. The molecule has 1 atom stereocenters. The van der Waals surface area contributed by atoms with Crippen molar-refractivity contribution in [3.63, 3.8) is 0 Å². The second-order valence-electron chi connectivity index (χ2n) is 3.75. The van der Waals surface area contributed by atoms with E-state index in [1.807, 2.05) is 0 Å². The van der Waals surface area contributed by atoms with E-state index in [1.165, 1.54) is 0 Å². The van der Waals surface area contributed by atoms with E-state index in [9.17, 15) is 19.3 Å². The fourth-order valence-corrected chi connectivity index (χ4v) is 1.46. The molecule has 1 unspecified atom stereocenters. The number of amides is 1. The van der Waals surface area contributed by atoms with Crippen molar-refractivity contribution < 1.29 is 14.1 Å². The van der Waals surface area contributed by atoms with Gasteiger partial charge < -0.3 is 11.1 Å². The monoisotopic (exact) mass is 255 g/mol. The first-order chi connectivity index (χ1) is 8.49. The van der Waals surface area contributed by atoms with E-state index in [2.05, 4.69) is 5.32 Å². The SMILES string of the molecule is CCC(CN)C(=O)Nc1ccc(F)cc1[N+](=O)[O-]. The van der Waals surface area contributed by atoms with Crippen LogP contribution in [-0.2, 0) is 4.79 Å². The summed E-state index contributed by atoms with van der Waals surface area (Å²) in [5.74, 6) is -1.56.